The van der Waals surface area contributed by atoms with Crippen molar-refractivity contribution in [3.8, 4) is 11.9 Å². The van der Waals surface area contributed by atoms with Crippen LogP contribution in [0.3, 0.4) is 0 Å². The van der Waals surface area contributed by atoms with Crippen molar-refractivity contribution in [1.29, 1.82) is 5.26 Å². The Morgan fingerprint density at radius 2 is 1.92 bits per heavy atom. The molecule has 0 aliphatic rings. The number of nitriles is 1. The van der Waals surface area contributed by atoms with Crippen molar-refractivity contribution < 1.29 is 0 Å². The molecule has 0 amide bonds. The Balaban J connectivity index is 2.07. The summed E-state index contributed by atoms with van der Waals surface area (Å²) in [6.07, 6.45) is 3.68. The molecule has 3 aromatic rings. The van der Waals surface area contributed by atoms with Crippen LogP contribution < -0.4 is 0 Å². The van der Waals surface area contributed by atoms with E-state index in [4.69, 9.17) is 11.6 Å². The Labute approximate surface area is 146 Å². The molecule has 0 N–H and O–H groups in total. The molecule has 0 atom stereocenters. The molecule has 3 rings (SSSR count). The van der Waals surface area contributed by atoms with Crippen LogP contribution in [0.5, 0.6) is 0 Å². The summed E-state index contributed by atoms with van der Waals surface area (Å²) in [6.45, 7) is 4.07. The SMILES string of the molecule is Cc1cc(/C=C(/C#N)c2ccc(Cl)cc2)c(C)n1-c1ccccn1. The van der Waals surface area contributed by atoms with Gasteiger partial charge in [0.2, 0.25) is 0 Å². The van der Waals surface area contributed by atoms with E-state index < -0.39 is 0 Å². The number of pyridine rings is 1. The first-order valence-corrected chi connectivity index (χ1v) is 7.96. The molecular weight excluding hydrogens is 318 g/mol. The van der Waals surface area contributed by atoms with E-state index in [2.05, 4.69) is 21.7 Å². The summed E-state index contributed by atoms with van der Waals surface area (Å²) in [5, 5.41) is 10.2. The second kappa shape index (κ2) is 6.74. The summed E-state index contributed by atoms with van der Waals surface area (Å²) >= 11 is 5.92. The molecule has 0 aliphatic heterocycles. The third kappa shape index (κ3) is 3.10. The van der Waals surface area contributed by atoms with Crippen molar-refractivity contribution in [1.82, 2.24) is 9.55 Å². The molecule has 2 heterocycles. The fourth-order valence-corrected chi connectivity index (χ4v) is 2.86. The minimum absolute atomic E-state index is 0.605. The number of aromatic nitrogens is 2. The first-order chi connectivity index (χ1) is 11.6. The summed E-state index contributed by atoms with van der Waals surface area (Å²) in [5.74, 6) is 0.872. The molecule has 0 saturated carbocycles. The maximum atomic E-state index is 9.52. The molecule has 0 fully saturated rings. The predicted molar refractivity (Wildman–Crippen MR) is 98.0 cm³/mol. The van der Waals surface area contributed by atoms with Crippen LogP contribution in [-0.2, 0) is 0 Å². The molecule has 2 aromatic heterocycles. The summed E-state index contributed by atoms with van der Waals surface area (Å²) in [6, 6.07) is 17.5. The molecular formula is C20H16ClN3. The summed E-state index contributed by atoms with van der Waals surface area (Å²) in [4.78, 5) is 4.41. The predicted octanol–water partition coefficient (Wildman–Crippen LogP) is 5.21. The Hall–Kier alpha value is -2.83. The van der Waals surface area contributed by atoms with E-state index in [1.165, 1.54) is 0 Å². The highest BCUT2D eigenvalue weighted by atomic mass is 35.5. The Morgan fingerprint density at radius 1 is 1.17 bits per heavy atom. The number of benzene rings is 1. The van der Waals surface area contributed by atoms with Crippen LogP contribution >= 0.6 is 11.6 Å². The van der Waals surface area contributed by atoms with Crippen molar-refractivity contribution in [3.05, 3.63) is 82.3 Å². The number of aryl methyl sites for hydroxylation is 1. The number of allylic oxidation sites excluding steroid dienone is 1. The van der Waals surface area contributed by atoms with Gasteiger partial charge >= 0.3 is 0 Å². The largest absolute Gasteiger partial charge is 0.303 e. The van der Waals surface area contributed by atoms with Crippen LogP contribution in [0.2, 0.25) is 5.02 Å². The minimum Gasteiger partial charge on any atom is -0.303 e. The zero-order valence-corrected chi connectivity index (χ0v) is 14.2. The van der Waals surface area contributed by atoms with Gasteiger partial charge in [-0.05, 0) is 61.4 Å². The van der Waals surface area contributed by atoms with Crippen LogP contribution in [0.4, 0.5) is 0 Å². The van der Waals surface area contributed by atoms with E-state index in [-0.39, 0.29) is 0 Å². The average molecular weight is 334 g/mol. The highest BCUT2D eigenvalue weighted by Crippen LogP contribution is 2.25. The van der Waals surface area contributed by atoms with Gasteiger partial charge in [-0.1, -0.05) is 29.8 Å². The monoisotopic (exact) mass is 333 g/mol. The third-order valence-electron chi connectivity index (χ3n) is 3.92. The first-order valence-electron chi connectivity index (χ1n) is 7.58. The number of nitrogens with zero attached hydrogens (tertiary/aromatic N) is 3. The van der Waals surface area contributed by atoms with Crippen LogP contribution in [0, 0.1) is 25.2 Å². The molecule has 3 nitrogen and oxygen atoms in total. The molecule has 1 aromatic carbocycles. The number of hydrogen-bond acceptors (Lipinski definition) is 2. The molecule has 0 aliphatic carbocycles. The molecule has 0 saturated heterocycles. The lowest BCUT2D eigenvalue weighted by Crippen LogP contribution is -2.01. The smallest absolute Gasteiger partial charge is 0.136 e. The lowest BCUT2D eigenvalue weighted by atomic mass is 10.0. The minimum atomic E-state index is 0.605. The van der Waals surface area contributed by atoms with Crippen LogP contribution in [0.1, 0.15) is 22.5 Å². The van der Waals surface area contributed by atoms with Gasteiger partial charge in [0.25, 0.3) is 0 Å². The second-order valence-corrected chi connectivity index (χ2v) is 5.96. The fourth-order valence-electron chi connectivity index (χ4n) is 2.74. The van der Waals surface area contributed by atoms with Gasteiger partial charge in [-0.25, -0.2) is 4.98 Å². The number of rotatable bonds is 3. The third-order valence-corrected chi connectivity index (χ3v) is 4.18. The van der Waals surface area contributed by atoms with E-state index in [1.807, 2.05) is 50.3 Å². The standard InChI is InChI=1S/C20H16ClN3/c1-14-11-17(15(2)24(14)20-5-3-4-10-23-20)12-18(13-22)16-6-8-19(21)9-7-16/h3-12H,1-2H3/b18-12-. The molecule has 24 heavy (non-hydrogen) atoms. The molecule has 0 bridgehead atoms. The summed E-state index contributed by atoms with van der Waals surface area (Å²) in [7, 11) is 0. The van der Waals surface area contributed by atoms with Crippen molar-refractivity contribution in [3.63, 3.8) is 0 Å². The van der Waals surface area contributed by atoms with Crippen LogP contribution in [0.25, 0.3) is 17.5 Å². The lowest BCUT2D eigenvalue weighted by Gasteiger charge is -2.08. The Morgan fingerprint density at radius 3 is 2.54 bits per heavy atom. The molecule has 0 spiro atoms. The van der Waals surface area contributed by atoms with Gasteiger partial charge in [-0.15, -0.1) is 0 Å². The fraction of sp³-hybridized carbons (Fsp3) is 0.100. The first kappa shape index (κ1) is 16.0. The van der Waals surface area contributed by atoms with Crippen molar-refractivity contribution in [2.75, 3.05) is 0 Å². The van der Waals surface area contributed by atoms with Gasteiger partial charge in [0.15, 0.2) is 0 Å². The Bertz CT molecular complexity index is 930. The quantitative estimate of drug-likeness (QED) is 0.617. The average Bonchev–Trinajstić information content (AvgIpc) is 2.88. The number of hydrogen-bond donors (Lipinski definition) is 0. The van der Waals surface area contributed by atoms with Crippen LogP contribution in [-0.4, -0.2) is 9.55 Å². The molecule has 0 unspecified atom stereocenters. The lowest BCUT2D eigenvalue weighted by molar-refractivity contribution is 0.921. The molecule has 0 radical (unpaired) electrons. The van der Waals surface area contributed by atoms with Crippen molar-refractivity contribution >= 4 is 23.3 Å². The maximum Gasteiger partial charge on any atom is 0.136 e. The highest BCUT2D eigenvalue weighted by molar-refractivity contribution is 6.30. The zero-order chi connectivity index (χ0) is 17.1. The topological polar surface area (TPSA) is 41.6 Å². The highest BCUT2D eigenvalue weighted by Gasteiger charge is 2.11. The van der Waals surface area contributed by atoms with E-state index >= 15 is 0 Å². The van der Waals surface area contributed by atoms with Crippen molar-refractivity contribution in [2.45, 2.75) is 13.8 Å². The molecule has 4 heteroatoms. The number of halogens is 1. The summed E-state index contributed by atoms with van der Waals surface area (Å²) in [5.41, 5.74) is 4.58. The van der Waals surface area contributed by atoms with E-state index in [0.717, 1.165) is 28.3 Å². The van der Waals surface area contributed by atoms with Gasteiger partial charge in [0, 0.05) is 22.6 Å². The summed E-state index contributed by atoms with van der Waals surface area (Å²) < 4.78 is 2.09. The van der Waals surface area contributed by atoms with E-state index in [1.54, 1.807) is 18.3 Å². The van der Waals surface area contributed by atoms with Crippen molar-refractivity contribution in [2.24, 2.45) is 0 Å². The van der Waals surface area contributed by atoms with Crippen LogP contribution in [0.15, 0.2) is 54.7 Å². The van der Waals surface area contributed by atoms with Gasteiger partial charge < -0.3 is 4.57 Å². The zero-order valence-electron chi connectivity index (χ0n) is 13.5. The Kier molecular flexibility index (Phi) is 4.50. The van der Waals surface area contributed by atoms with E-state index in [9.17, 15) is 5.26 Å². The molecule has 118 valence electrons. The maximum absolute atomic E-state index is 9.52. The van der Waals surface area contributed by atoms with Gasteiger partial charge in [0.05, 0.1) is 11.6 Å². The van der Waals surface area contributed by atoms with Gasteiger partial charge in [-0.3, -0.25) is 0 Å². The second-order valence-electron chi connectivity index (χ2n) is 5.53. The van der Waals surface area contributed by atoms with Gasteiger partial charge in [0.1, 0.15) is 5.82 Å². The normalized spacial score (nSPS) is 11.3. The van der Waals surface area contributed by atoms with Gasteiger partial charge in [-0.2, -0.15) is 5.26 Å². The van der Waals surface area contributed by atoms with E-state index in [0.29, 0.717) is 10.6 Å².